The molecule has 0 aromatic heterocycles. The van der Waals surface area contributed by atoms with Gasteiger partial charge in [-0.2, -0.15) is 0 Å². The lowest BCUT2D eigenvalue weighted by Crippen LogP contribution is -2.39. The van der Waals surface area contributed by atoms with Crippen LogP contribution in [0, 0.1) is 11.7 Å². The number of benzene rings is 2. The highest BCUT2D eigenvalue weighted by molar-refractivity contribution is 5.87. The fourth-order valence-corrected chi connectivity index (χ4v) is 4.76. The van der Waals surface area contributed by atoms with Crippen LogP contribution in [0.2, 0.25) is 0 Å². The zero-order valence-corrected chi connectivity index (χ0v) is 22.5. The highest BCUT2D eigenvalue weighted by atomic mass is 19.1. The molecule has 38 heavy (non-hydrogen) atoms. The predicted molar refractivity (Wildman–Crippen MR) is 145 cm³/mol. The van der Waals surface area contributed by atoms with E-state index in [0.29, 0.717) is 31.7 Å². The SMILES string of the molecule is CC=CC(OC1CCC(C(=O)N(CCCc2cccc(F)c2)Cc2ccc(C(=O)O)cc2)CC1)=C(C)OC. The van der Waals surface area contributed by atoms with Crippen LogP contribution in [-0.2, 0) is 27.2 Å². The maximum Gasteiger partial charge on any atom is 0.335 e. The Hall–Kier alpha value is -3.61. The monoisotopic (exact) mass is 523 g/mol. The van der Waals surface area contributed by atoms with Crippen molar-refractivity contribution >= 4 is 11.9 Å². The highest BCUT2D eigenvalue weighted by Gasteiger charge is 2.30. The van der Waals surface area contributed by atoms with Crippen molar-refractivity contribution in [3.05, 3.63) is 94.7 Å². The molecule has 7 heteroatoms. The second-order valence-electron chi connectivity index (χ2n) is 9.71. The van der Waals surface area contributed by atoms with Crippen LogP contribution >= 0.6 is 0 Å². The Labute approximate surface area is 224 Å². The van der Waals surface area contributed by atoms with E-state index in [9.17, 15) is 19.1 Å². The molecule has 2 aromatic carbocycles. The van der Waals surface area contributed by atoms with Gasteiger partial charge in [-0.25, -0.2) is 9.18 Å². The molecule has 0 saturated heterocycles. The van der Waals surface area contributed by atoms with Crippen LogP contribution in [0.4, 0.5) is 4.39 Å². The number of carboxylic acids is 1. The molecule has 0 heterocycles. The van der Waals surface area contributed by atoms with Crippen LogP contribution in [0.25, 0.3) is 0 Å². The molecule has 3 rings (SSSR count). The van der Waals surface area contributed by atoms with Crippen molar-refractivity contribution in [2.45, 2.75) is 65.0 Å². The number of aryl methyl sites for hydroxylation is 1. The number of carbonyl (C=O) groups is 2. The zero-order valence-electron chi connectivity index (χ0n) is 22.5. The van der Waals surface area contributed by atoms with E-state index in [0.717, 1.165) is 42.6 Å². The number of amides is 1. The molecular weight excluding hydrogens is 485 g/mol. The minimum absolute atomic E-state index is 0.0281. The Morgan fingerprint density at radius 1 is 1.08 bits per heavy atom. The summed E-state index contributed by atoms with van der Waals surface area (Å²) in [5.74, 6) is 0.197. The Kier molecular flexibility index (Phi) is 10.9. The molecule has 0 spiro atoms. The van der Waals surface area contributed by atoms with Gasteiger partial charge in [0.2, 0.25) is 5.91 Å². The van der Waals surface area contributed by atoms with Gasteiger partial charge >= 0.3 is 5.97 Å². The summed E-state index contributed by atoms with van der Waals surface area (Å²) in [5.41, 5.74) is 1.99. The van der Waals surface area contributed by atoms with Gasteiger partial charge < -0.3 is 19.5 Å². The molecule has 0 aliphatic heterocycles. The van der Waals surface area contributed by atoms with Crippen LogP contribution in [-0.4, -0.2) is 41.6 Å². The Morgan fingerprint density at radius 2 is 1.79 bits per heavy atom. The third-order valence-electron chi connectivity index (χ3n) is 6.96. The Bertz CT molecular complexity index is 1130. The first-order valence-electron chi connectivity index (χ1n) is 13.2. The summed E-state index contributed by atoms with van der Waals surface area (Å²) in [6.07, 6.45) is 8.23. The second kappa shape index (κ2) is 14.4. The largest absolute Gasteiger partial charge is 0.498 e. The minimum Gasteiger partial charge on any atom is -0.498 e. The average Bonchev–Trinajstić information content (AvgIpc) is 2.92. The fraction of sp³-hybridized carbons (Fsp3) is 0.419. The van der Waals surface area contributed by atoms with Crippen LogP contribution in [0.1, 0.15) is 67.4 Å². The maximum absolute atomic E-state index is 13.7. The summed E-state index contributed by atoms with van der Waals surface area (Å²) < 4.78 is 25.1. The number of hydrogen-bond donors (Lipinski definition) is 1. The maximum atomic E-state index is 13.7. The number of methoxy groups -OCH3 is 1. The van der Waals surface area contributed by atoms with Crippen molar-refractivity contribution in [2.24, 2.45) is 5.92 Å². The van der Waals surface area contributed by atoms with Crippen LogP contribution < -0.4 is 0 Å². The lowest BCUT2D eigenvalue weighted by Gasteiger charge is -2.33. The predicted octanol–water partition coefficient (Wildman–Crippen LogP) is 6.51. The molecule has 1 N–H and O–H groups in total. The van der Waals surface area contributed by atoms with E-state index in [1.165, 1.54) is 12.1 Å². The highest BCUT2D eigenvalue weighted by Crippen LogP contribution is 2.30. The van der Waals surface area contributed by atoms with Gasteiger partial charge in [-0.1, -0.05) is 30.3 Å². The van der Waals surface area contributed by atoms with E-state index < -0.39 is 5.97 Å². The fourth-order valence-electron chi connectivity index (χ4n) is 4.76. The first-order chi connectivity index (χ1) is 18.3. The molecule has 204 valence electrons. The first kappa shape index (κ1) is 29.0. The average molecular weight is 524 g/mol. The molecule has 0 atom stereocenters. The molecular formula is C31H38FNO5. The smallest absolute Gasteiger partial charge is 0.335 e. The zero-order chi connectivity index (χ0) is 27.5. The molecule has 1 aliphatic rings. The van der Waals surface area contributed by atoms with Gasteiger partial charge in [0.15, 0.2) is 5.76 Å². The molecule has 1 saturated carbocycles. The topological polar surface area (TPSA) is 76.1 Å². The van der Waals surface area contributed by atoms with E-state index in [4.69, 9.17) is 9.47 Å². The van der Waals surface area contributed by atoms with Gasteiger partial charge in [-0.3, -0.25) is 4.79 Å². The molecule has 2 aromatic rings. The number of carbonyl (C=O) groups excluding carboxylic acids is 1. The van der Waals surface area contributed by atoms with Gasteiger partial charge in [0.05, 0.1) is 18.8 Å². The summed E-state index contributed by atoms with van der Waals surface area (Å²) in [6.45, 7) is 4.74. The molecule has 0 radical (unpaired) electrons. The van der Waals surface area contributed by atoms with Crippen molar-refractivity contribution in [3.8, 4) is 0 Å². The number of carboxylic acid groups (broad SMARTS) is 1. The third kappa shape index (κ3) is 8.47. The molecule has 1 fully saturated rings. The van der Waals surface area contributed by atoms with Crippen molar-refractivity contribution in [1.29, 1.82) is 0 Å². The summed E-state index contributed by atoms with van der Waals surface area (Å²) in [4.78, 5) is 26.7. The van der Waals surface area contributed by atoms with E-state index >= 15 is 0 Å². The normalized spacial score (nSPS) is 18.1. The lowest BCUT2D eigenvalue weighted by atomic mass is 9.86. The standard InChI is InChI=1S/C31H38FNO5/c1-4-7-29(22(2)37-3)38-28-17-15-25(16-18-28)30(34)33(19-6-9-23-8-5-10-27(32)20-23)21-24-11-13-26(14-12-24)31(35)36/h4-5,7-8,10-14,20,25,28H,6,9,15-19,21H2,1-3H3,(H,35,36). The van der Waals surface area contributed by atoms with Gasteiger partial charge in [0.1, 0.15) is 11.6 Å². The van der Waals surface area contributed by atoms with Crippen molar-refractivity contribution in [1.82, 2.24) is 4.90 Å². The van der Waals surface area contributed by atoms with Crippen LogP contribution in [0.3, 0.4) is 0 Å². The number of allylic oxidation sites excluding steroid dienone is 3. The summed E-state index contributed by atoms with van der Waals surface area (Å²) in [5, 5.41) is 9.20. The number of rotatable bonds is 12. The number of aromatic carboxylic acids is 1. The molecule has 0 unspecified atom stereocenters. The van der Waals surface area contributed by atoms with Crippen molar-refractivity contribution in [2.75, 3.05) is 13.7 Å². The van der Waals surface area contributed by atoms with E-state index in [1.807, 2.05) is 37.0 Å². The van der Waals surface area contributed by atoms with E-state index in [1.54, 1.807) is 37.4 Å². The van der Waals surface area contributed by atoms with Gasteiger partial charge in [0.25, 0.3) is 0 Å². The first-order valence-corrected chi connectivity index (χ1v) is 13.2. The van der Waals surface area contributed by atoms with Gasteiger partial charge in [-0.15, -0.1) is 0 Å². The quantitative estimate of drug-likeness (QED) is 0.253. The number of halogens is 1. The van der Waals surface area contributed by atoms with Crippen LogP contribution in [0.15, 0.2) is 72.2 Å². The Morgan fingerprint density at radius 3 is 2.39 bits per heavy atom. The molecule has 6 nitrogen and oxygen atoms in total. The van der Waals surface area contributed by atoms with E-state index in [-0.39, 0.29) is 29.3 Å². The Balaban J connectivity index is 1.65. The third-order valence-corrected chi connectivity index (χ3v) is 6.96. The molecule has 0 bridgehead atoms. The van der Waals surface area contributed by atoms with Crippen LogP contribution in [0.5, 0.6) is 0 Å². The number of ether oxygens (including phenoxy) is 2. The number of hydrogen-bond acceptors (Lipinski definition) is 4. The van der Waals surface area contributed by atoms with Gasteiger partial charge in [0, 0.05) is 19.0 Å². The molecule has 1 aliphatic carbocycles. The van der Waals surface area contributed by atoms with E-state index in [2.05, 4.69) is 0 Å². The van der Waals surface area contributed by atoms with Crippen molar-refractivity contribution in [3.63, 3.8) is 0 Å². The summed E-state index contributed by atoms with van der Waals surface area (Å²) >= 11 is 0. The summed E-state index contributed by atoms with van der Waals surface area (Å²) in [6, 6.07) is 13.2. The van der Waals surface area contributed by atoms with Gasteiger partial charge in [-0.05, 0) is 93.8 Å². The summed E-state index contributed by atoms with van der Waals surface area (Å²) in [7, 11) is 1.62. The number of nitrogens with zero attached hydrogens (tertiary/aromatic N) is 1. The second-order valence-corrected chi connectivity index (χ2v) is 9.71. The minimum atomic E-state index is -0.980. The molecule has 1 amide bonds. The lowest BCUT2D eigenvalue weighted by molar-refractivity contribution is -0.138. The van der Waals surface area contributed by atoms with Crippen molar-refractivity contribution < 1.29 is 28.6 Å².